The molecule has 0 aromatic carbocycles. The highest BCUT2D eigenvalue weighted by atomic mass is 16.5. The largest absolute Gasteiger partial charge is 0.493 e. The van der Waals surface area contributed by atoms with E-state index in [4.69, 9.17) is 20.1 Å². The van der Waals surface area contributed by atoms with E-state index in [9.17, 15) is 0 Å². The van der Waals surface area contributed by atoms with E-state index in [1.54, 1.807) is 0 Å². The van der Waals surface area contributed by atoms with Crippen molar-refractivity contribution < 1.29 is 20.1 Å². The minimum atomic E-state index is -1.02. The second-order valence-corrected chi connectivity index (χ2v) is 2.17. The average molecular weight is 158 g/mol. The first kappa shape index (κ1) is 10.4. The molecule has 4 nitrogen and oxygen atoms in total. The summed E-state index contributed by atoms with van der Waals surface area (Å²) in [6.07, 6.45) is -0.0318. The molecule has 0 aliphatic carbocycles. The molecule has 4 heteroatoms. The van der Waals surface area contributed by atoms with Crippen LogP contribution in [0.5, 0.6) is 0 Å². The van der Waals surface area contributed by atoms with Gasteiger partial charge in [0.15, 0.2) is 0 Å². The predicted octanol–water partition coefficient (Wildman–Crippen LogP) is -1.31. The number of ether oxygens (including phenoxy) is 1. The van der Waals surface area contributed by atoms with Crippen molar-refractivity contribution in [1.82, 2.24) is 0 Å². The van der Waals surface area contributed by atoms with E-state index in [-0.39, 0.29) is 14.0 Å². The molecule has 1 heterocycles. The average Bonchev–Trinajstić information content (AvgIpc) is 1.95. The Hall–Kier alpha value is -0.580. The molecule has 0 saturated heterocycles. The van der Waals surface area contributed by atoms with Crippen LogP contribution in [0.15, 0.2) is 12.3 Å². The smallest absolute Gasteiger partial charge is 0.149 e. The summed E-state index contributed by atoms with van der Waals surface area (Å²) in [5.74, 6) is 0. The normalized spacial score (nSPS) is 35.7. The van der Waals surface area contributed by atoms with Crippen LogP contribution in [0.1, 0.15) is 0 Å². The Kier molecular flexibility index (Phi) is 4.10. The summed E-state index contributed by atoms with van der Waals surface area (Å²) in [4.78, 5) is 0. The van der Waals surface area contributed by atoms with Gasteiger partial charge in [-0.3, -0.25) is 0 Å². The van der Waals surface area contributed by atoms with Gasteiger partial charge in [0.25, 0.3) is 0 Å². The molecule has 0 saturated carbocycles. The van der Waals surface area contributed by atoms with Crippen molar-refractivity contribution in [2.45, 2.75) is 18.3 Å². The summed E-state index contributed by atoms with van der Waals surface area (Å²) in [6.45, 7) is -0.289. The van der Waals surface area contributed by atoms with Crippen molar-refractivity contribution in [2.75, 3.05) is 6.61 Å². The van der Waals surface area contributed by atoms with E-state index >= 15 is 0 Å². The van der Waals surface area contributed by atoms with Crippen LogP contribution in [0.25, 0.3) is 0 Å². The molecule has 0 bridgehead atoms. The third kappa shape index (κ3) is 2.18. The van der Waals surface area contributed by atoms with Crippen LogP contribution >= 0.6 is 0 Å². The standard InChI is InChI=1S/C6H10O4.C/c7-3-5-6(9)4(8)1-2-10-5;/h1-2,4-9H,3H2;/t4-,5-,6+;/m1./s1. The van der Waals surface area contributed by atoms with Gasteiger partial charge in [0.1, 0.15) is 18.3 Å². The number of aliphatic hydroxyl groups is 3. The van der Waals surface area contributed by atoms with Gasteiger partial charge in [-0.1, -0.05) is 0 Å². The maximum Gasteiger partial charge on any atom is 0.149 e. The lowest BCUT2D eigenvalue weighted by molar-refractivity contribution is -0.0808. The van der Waals surface area contributed by atoms with Crippen molar-refractivity contribution in [3.05, 3.63) is 19.8 Å². The highest BCUT2D eigenvalue weighted by molar-refractivity contribution is 4.96. The minimum Gasteiger partial charge on any atom is -0.493 e. The SMILES string of the molecule is OC[C@H]1OC=C[C@@H](O)[C@@H]1O.[C]. The molecule has 1 rings (SSSR count). The molecule has 4 radical (unpaired) electrons. The monoisotopic (exact) mass is 158 g/mol. The molecule has 0 amide bonds. The Balaban J connectivity index is 0.000001000. The first-order valence-electron chi connectivity index (χ1n) is 3.05. The van der Waals surface area contributed by atoms with Crippen LogP contribution in [0.3, 0.4) is 0 Å². The number of rotatable bonds is 1. The molecule has 3 N–H and O–H groups in total. The minimum absolute atomic E-state index is 0. The van der Waals surface area contributed by atoms with Gasteiger partial charge in [-0.2, -0.15) is 0 Å². The lowest BCUT2D eigenvalue weighted by Gasteiger charge is -2.26. The van der Waals surface area contributed by atoms with E-state index in [1.807, 2.05) is 0 Å². The summed E-state index contributed by atoms with van der Waals surface area (Å²) < 4.78 is 4.77. The van der Waals surface area contributed by atoms with E-state index in [0.717, 1.165) is 0 Å². The van der Waals surface area contributed by atoms with Crippen molar-refractivity contribution in [2.24, 2.45) is 0 Å². The molecule has 62 valence electrons. The van der Waals surface area contributed by atoms with Gasteiger partial charge < -0.3 is 20.1 Å². The Morgan fingerprint density at radius 1 is 1.36 bits per heavy atom. The first-order chi connectivity index (χ1) is 4.75. The van der Waals surface area contributed by atoms with E-state index < -0.39 is 18.3 Å². The molecule has 0 aromatic rings. The summed E-state index contributed by atoms with van der Waals surface area (Å²) in [7, 11) is 0. The molecule has 0 unspecified atom stereocenters. The van der Waals surface area contributed by atoms with Crippen LogP contribution in [0.2, 0.25) is 0 Å². The van der Waals surface area contributed by atoms with Crippen molar-refractivity contribution in [1.29, 1.82) is 0 Å². The second-order valence-electron chi connectivity index (χ2n) is 2.17. The van der Waals surface area contributed by atoms with E-state index in [0.29, 0.717) is 0 Å². The lowest BCUT2D eigenvalue weighted by atomic mass is 10.1. The number of hydrogen-bond donors (Lipinski definition) is 3. The fourth-order valence-corrected chi connectivity index (χ4v) is 0.792. The maximum atomic E-state index is 9.05. The number of hydrogen-bond acceptors (Lipinski definition) is 4. The summed E-state index contributed by atoms with van der Waals surface area (Å²) in [5, 5.41) is 26.6. The van der Waals surface area contributed by atoms with Crippen LogP contribution in [0.4, 0.5) is 0 Å². The Bertz CT molecular complexity index is 134. The molecule has 0 spiro atoms. The van der Waals surface area contributed by atoms with Crippen LogP contribution in [-0.2, 0) is 4.74 Å². The second kappa shape index (κ2) is 4.33. The fraction of sp³-hybridized carbons (Fsp3) is 0.571. The molecule has 3 atom stereocenters. The molecular weight excluding hydrogens is 148 g/mol. The van der Waals surface area contributed by atoms with Crippen molar-refractivity contribution in [3.63, 3.8) is 0 Å². The molecular formula is C7H10O4. The molecule has 1 aliphatic rings. The highest BCUT2D eigenvalue weighted by Gasteiger charge is 2.27. The first-order valence-corrected chi connectivity index (χ1v) is 3.05. The van der Waals surface area contributed by atoms with Gasteiger partial charge in [-0.25, -0.2) is 0 Å². The summed E-state index contributed by atoms with van der Waals surface area (Å²) >= 11 is 0. The van der Waals surface area contributed by atoms with Gasteiger partial charge in [-0.15, -0.1) is 0 Å². The Morgan fingerprint density at radius 3 is 2.45 bits per heavy atom. The van der Waals surface area contributed by atoms with Crippen LogP contribution in [0, 0.1) is 7.43 Å². The van der Waals surface area contributed by atoms with E-state index in [2.05, 4.69) is 0 Å². The zero-order valence-electron chi connectivity index (χ0n) is 5.84. The van der Waals surface area contributed by atoms with Crippen LogP contribution < -0.4 is 0 Å². The zero-order valence-corrected chi connectivity index (χ0v) is 5.84. The molecule has 0 fully saturated rings. The zero-order chi connectivity index (χ0) is 7.56. The van der Waals surface area contributed by atoms with Gasteiger partial charge >= 0.3 is 0 Å². The summed E-state index contributed by atoms with van der Waals surface area (Å²) in [5.41, 5.74) is 0. The molecule has 0 aromatic heterocycles. The Labute approximate surface area is 65.7 Å². The van der Waals surface area contributed by atoms with E-state index in [1.165, 1.54) is 12.3 Å². The predicted molar refractivity (Wildman–Crippen MR) is 36.4 cm³/mol. The van der Waals surface area contributed by atoms with Gasteiger partial charge in [-0.05, 0) is 6.08 Å². The summed E-state index contributed by atoms with van der Waals surface area (Å²) in [6, 6.07) is 0. The topological polar surface area (TPSA) is 69.9 Å². The number of aliphatic hydroxyl groups excluding tert-OH is 3. The quantitative estimate of drug-likeness (QED) is 0.443. The highest BCUT2D eigenvalue weighted by Crippen LogP contribution is 2.10. The van der Waals surface area contributed by atoms with Crippen LogP contribution in [-0.4, -0.2) is 40.2 Å². The van der Waals surface area contributed by atoms with Gasteiger partial charge in [0.2, 0.25) is 0 Å². The molecule has 11 heavy (non-hydrogen) atoms. The van der Waals surface area contributed by atoms with Gasteiger partial charge in [0.05, 0.1) is 12.9 Å². The Morgan fingerprint density at radius 2 is 2.00 bits per heavy atom. The van der Waals surface area contributed by atoms with Gasteiger partial charge in [0, 0.05) is 7.43 Å². The van der Waals surface area contributed by atoms with Crippen molar-refractivity contribution in [3.8, 4) is 0 Å². The third-order valence-electron chi connectivity index (χ3n) is 1.44. The van der Waals surface area contributed by atoms with Crippen molar-refractivity contribution >= 4 is 0 Å². The molecule has 1 aliphatic heterocycles. The lowest BCUT2D eigenvalue weighted by Crippen LogP contribution is -2.42. The third-order valence-corrected chi connectivity index (χ3v) is 1.44. The fourth-order valence-electron chi connectivity index (χ4n) is 0.792. The maximum absolute atomic E-state index is 9.05.